The fraction of sp³-hybridized carbons (Fsp3) is 0.385. The normalized spacial score (nSPS) is 18.4. The molecular formula is C26H30ClFN5OP. The molecule has 2 aromatic carbocycles. The van der Waals surface area contributed by atoms with Gasteiger partial charge in [-0.3, -0.25) is 4.90 Å². The van der Waals surface area contributed by atoms with Crippen molar-refractivity contribution >= 4 is 48.0 Å². The van der Waals surface area contributed by atoms with Gasteiger partial charge < -0.3 is 15.4 Å². The van der Waals surface area contributed by atoms with E-state index in [1.54, 1.807) is 18.3 Å². The Morgan fingerprint density at radius 2 is 1.91 bits per heavy atom. The third-order valence-corrected chi connectivity index (χ3v) is 8.27. The second-order valence-corrected chi connectivity index (χ2v) is 11.9. The molecule has 0 aliphatic carbocycles. The van der Waals surface area contributed by atoms with Gasteiger partial charge in [-0.15, -0.1) is 0 Å². The van der Waals surface area contributed by atoms with Gasteiger partial charge in [0.2, 0.25) is 5.95 Å². The Hall–Kier alpha value is -2.31. The summed E-state index contributed by atoms with van der Waals surface area (Å²) in [5, 5.41) is 7.93. The highest BCUT2D eigenvalue weighted by Gasteiger charge is 2.25. The van der Waals surface area contributed by atoms with Crippen LogP contribution in [0.4, 0.5) is 27.5 Å². The number of hydrogen-bond acceptors (Lipinski definition) is 6. The molecule has 2 aliphatic heterocycles. The van der Waals surface area contributed by atoms with E-state index in [9.17, 15) is 4.39 Å². The van der Waals surface area contributed by atoms with Crippen molar-refractivity contribution in [3.05, 3.63) is 64.6 Å². The summed E-state index contributed by atoms with van der Waals surface area (Å²) in [6.45, 7) is 8.03. The minimum atomic E-state index is -0.515. The van der Waals surface area contributed by atoms with Crippen molar-refractivity contribution < 1.29 is 9.13 Å². The standard InChI is InChI=1S/C26H30ClFN5OP/c1-35(2)24-14-19(28)4-6-23(24)31-25-22(27)15-29-26(32-25)30-20-5-3-17-7-10-33(11-8-18(17)13-20)21-9-12-34-16-21/h3-6,13-15,21H,7-12,16H2,1-2H3,(H2,29,30,31,32). The van der Waals surface area contributed by atoms with Crippen molar-refractivity contribution in [2.45, 2.75) is 25.3 Å². The number of anilines is 4. The lowest BCUT2D eigenvalue weighted by molar-refractivity contribution is 0.147. The highest BCUT2D eigenvalue weighted by Crippen LogP contribution is 2.32. The molecule has 1 saturated heterocycles. The molecule has 5 rings (SSSR count). The fourth-order valence-electron chi connectivity index (χ4n) is 4.75. The Bertz CT molecular complexity index is 1200. The first-order chi connectivity index (χ1) is 17.0. The summed E-state index contributed by atoms with van der Waals surface area (Å²) in [6, 6.07) is 11.8. The smallest absolute Gasteiger partial charge is 0.229 e. The van der Waals surface area contributed by atoms with Crippen molar-refractivity contribution in [2.75, 3.05) is 50.3 Å². The number of nitrogens with one attached hydrogen (secondary N) is 2. The van der Waals surface area contributed by atoms with E-state index in [4.69, 9.17) is 16.3 Å². The maximum absolute atomic E-state index is 13.8. The number of ether oxygens (including phenoxy) is 1. The largest absolute Gasteiger partial charge is 0.380 e. The van der Waals surface area contributed by atoms with E-state index in [0.29, 0.717) is 22.8 Å². The molecule has 1 unspecified atom stereocenters. The molecule has 2 aliphatic rings. The Balaban J connectivity index is 1.32. The molecule has 1 aromatic heterocycles. The van der Waals surface area contributed by atoms with Crippen molar-refractivity contribution in [1.29, 1.82) is 0 Å². The molecule has 0 radical (unpaired) electrons. The second-order valence-electron chi connectivity index (χ2n) is 9.23. The van der Waals surface area contributed by atoms with Gasteiger partial charge in [-0.1, -0.05) is 25.6 Å². The van der Waals surface area contributed by atoms with E-state index in [2.05, 4.69) is 57.0 Å². The lowest BCUT2D eigenvalue weighted by atomic mass is 10.0. The molecule has 0 spiro atoms. The highest BCUT2D eigenvalue weighted by molar-refractivity contribution is 7.64. The zero-order valence-electron chi connectivity index (χ0n) is 20.0. The van der Waals surface area contributed by atoms with Crippen LogP contribution in [0, 0.1) is 5.82 Å². The van der Waals surface area contributed by atoms with E-state index >= 15 is 0 Å². The summed E-state index contributed by atoms with van der Waals surface area (Å²) in [5.74, 6) is 0.688. The van der Waals surface area contributed by atoms with Crippen molar-refractivity contribution in [3.8, 4) is 0 Å². The molecule has 1 atom stereocenters. The summed E-state index contributed by atoms with van der Waals surface area (Å²) in [5.41, 5.74) is 4.51. The van der Waals surface area contributed by atoms with Crippen LogP contribution >= 0.6 is 19.5 Å². The molecule has 0 amide bonds. The first kappa shape index (κ1) is 24.4. The van der Waals surface area contributed by atoms with E-state index in [1.165, 1.54) is 17.2 Å². The van der Waals surface area contributed by atoms with Crippen LogP contribution in [0.25, 0.3) is 0 Å². The average Bonchev–Trinajstić information content (AvgIpc) is 3.30. The van der Waals surface area contributed by atoms with Crippen LogP contribution in [-0.4, -0.2) is 60.5 Å². The zero-order valence-corrected chi connectivity index (χ0v) is 21.7. The average molecular weight is 514 g/mol. The van der Waals surface area contributed by atoms with E-state index in [-0.39, 0.29) is 5.82 Å². The summed E-state index contributed by atoms with van der Waals surface area (Å²) in [4.78, 5) is 11.5. The molecule has 6 nitrogen and oxygen atoms in total. The molecular weight excluding hydrogens is 484 g/mol. The zero-order chi connectivity index (χ0) is 24.4. The maximum atomic E-state index is 13.8. The Labute approximate surface area is 212 Å². The minimum absolute atomic E-state index is 0.249. The number of nitrogens with zero attached hydrogens (tertiary/aromatic N) is 3. The first-order valence-electron chi connectivity index (χ1n) is 11.9. The van der Waals surface area contributed by atoms with Gasteiger partial charge in [0, 0.05) is 42.4 Å². The van der Waals surface area contributed by atoms with Gasteiger partial charge in [-0.25, -0.2) is 9.37 Å². The van der Waals surface area contributed by atoms with Crippen molar-refractivity contribution in [1.82, 2.24) is 14.9 Å². The number of rotatable bonds is 6. The van der Waals surface area contributed by atoms with Gasteiger partial charge >= 0.3 is 0 Å². The maximum Gasteiger partial charge on any atom is 0.229 e. The van der Waals surface area contributed by atoms with Gasteiger partial charge in [0.25, 0.3) is 0 Å². The SMILES string of the molecule is CP(C)c1cc(F)ccc1Nc1nc(Nc2ccc3c(c2)CCN(C2CCOC2)CC3)ncc1Cl. The second kappa shape index (κ2) is 10.8. The Morgan fingerprint density at radius 1 is 1.09 bits per heavy atom. The number of aromatic nitrogens is 2. The minimum Gasteiger partial charge on any atom is -0.380 e. The molecule has 9 heteroatoms. The van der Waals surface area contributed by atoms with Crippen LogP contribution in [-0.2, 0) is 17.6 Å². The predicted octanol–water partition coefficient (Wildman–Crippen LogP) is 5.31. The van der Waals surface area contributed by atoms with Crippen molar-refractivity contribution in [3.63, 3.8) is 0 Å². The van der Waals surface area contributed by atoms with Crippen molar-refractivity contribution in [2.24, 2.45) is 0 Å². The predicted molar refractivity (Wildman–Crippen MR) is 143 cm³/mol. The van der Waals surface area contributed by atoms with E-state index < -0.39 is 7.92 Å². The van der Waals surface area contributed by atoms with Gasteiger partial charge in [0.05, 0.1) is 12.8 Å². The van der Waals surface area contributed by atoms with Gasteiger partial charge in [-0.2, -0.15) is 4.98 Å². The number of hydrogen-bond donors (Lipinski definition) is 2. The highest BCUT2D eigenvalue weighted by atomic mass is 35.5. The third kappa shape index (κ3) is 5.75. The van der Waals surface area contributed by atoms with E-state index in [1.807, 2.05) is 0 Å². The summed E-state index contributed by atoms with van der Waals surface area (Å²) >= 11 is 6.40. The van der Waals surface area contributed by atoms with Gasteiger partial charge in [0.1, 0.15) is 10.8 Å². The number of fused-ring (bicyclic) bond motifs is 1. The summed E-state index contributed by atoms with van der Waals surface area (Å²) in [6.07, 6.45) is 4.77. The Morgan fingerprint density at radius 3 is 2.69 bits per heavy atom. The van der Waals surface area contributed by atoms with E-state index in [0.717, 1.165) is 62.2 Å². The van der Waals surface area contributed by atoms with Crippen LogP contribution in [0.15, 0.2) is 42.6 Å². The molecule has 3 aromatic rings. The molecule has 184 valence electrons. The third-order valence-electron chi connectivity index (χ3n) is 6.66. The lowest BCUT2D eigenvalue weighted by Gasteiger charge is -2.25. The molecule has 35 heavy (non-hydrogen) atoms. The monoisotopic (exact) mass is 513 g/mol. The Kier molecular flexibility index (Phi) is 7.49. The van der Waals surface area contributed by atoms with Crippen LogP contribution in [0.5, 0.6) is 0 Å². The number of benzene rings is 2. The van der Waals surface area contributed by atoms with Crippen LogP contribution in [0.1, 0.15) is 17.5 Å². The summed E-state index contributed by atoms with van der Waals surface area (Å²) in [7, 11) is -0.515. The lowest BCUT2D eigenvalue weighted by Crippen LogP contribution is -2.37. The quantitative estimate of drug-likeness (QED) is 0.435. The molecule has 3 heterocycles. The van der Waals surface area contributed by atoms with Crippen LogP contribution < -0.4 is 15.9 Å². The number of halogens is 2. The summed E-state index contributed by atoms with van der Waals surface area (Å²) < 4.78 is 19.4. The molecule has 0 bridgehead atoms. The van der Waals surface area contributed by atoms with Gasteiger partial charge in [-0.05, 0) is 74.1 Å². The van der Waals surface area contributed by atoms with Crippen LogP contribution in [0.3, 0.4) is 0 Å². The van der Waals surface area contributed by atoms with Crippen LogP contribution in [0.2, 0.25) is 5.02 Å². The molecule has 2 N–H and O–H groups in total. The molecule has 1 fully saturated rings. The topological polar surface area (TPSA) is 62.3 Å². The molecule has 0 saturated carbocycles. The first-order valence-corrected chi connectivity index (χ1v) is 14.5. The fourth-order valence-corrected chi connectivity index (χ4v) is 5.88. The van der Waals surface area contributed by atoms with Gasteiger partial charge in [0.15, 0.2) is 5.82 Å².